The third-order valence-electron chi connectivity index (χ3n) is 1.64. The molecule has 0 saturated heterocycles. The van der Waals surface area contributed by atoms with E-state index in [4.69, 9.17) is 11.5 Å². The normalized spacial score (nSPS) is 8.82. The number of nitrogens with two attached hydrogens (primary N) is 2. The Bertz CT molecular complexity index is 263. The Balaban J connectivity index is 3.04. The Morgan fingerprint density at radius 2 is 2.18 bits per heavy atom. The van der Waals surface area contributed by atoms with Gasteiger partial charge < -0.3 is 0 Å². The van der Waals surface area contributed by atoms with Crippen molar-refractivity contribution in [3.8, 4) is 0 Å². The molecule has 4 N–H and O–H groups in total. The van der Waals surface area contributed by atoms with Gasteiger partial charge in [0.05, 0.1) is 0 Å². The van der Waals surface area contributed by atoms with E-state index in [0.29, 0.717) is 5.82 Å². The second-order valence-corrected chi connectivity index (χ2v) is 2.45. The summed E-state index contributed by atoms with van der Waals surface area (Å²) in [7, 11) is 0. The van der Waals surface area contributed by atoms with Crippen LogP contribution in [0.2, 0.25) is 0 Å². The molecule has 0 saturated carbocycles. The van der Waals surface area contributed by atoms with E-state index in [0.717, 1.165) is 11.1 Å². The van der Waals surface area contributed by atoms with Crippen LogP contribution in [-0.2, 0) is 0 Å². The Morgan fingerprint density at radius 1 is 1.45 bits per heavy atom. The van der Waals surface area contributed by atoms with E-state index in [-0.39, 0.29) is 0 Å². The average Bonchev–Trinajstić information content (AvgIpc) is 2.05. The van der Waals surface area contributed by atoms with Crippen molar-refractivity contribution in [2.24, 2.45) is 11.5 Å². The van der Waals surface area contributed by atoms with E-state index >= 15 is 0 Å². The molecule has 1 aromatic heterocycles. The van der Waals surface area contributed by atoms with E-state index in [2.05, 4.69) is 0 Å². The maximum absolute atomic E-state index is 5.43. The van der Waals surface area contributed by atoms with Gasteiger partial charge in [0.2, 0.25) is 0 Å². The summed E-state index contributed by atoms with van der Waals surface area (Å²) in [6.45, 7) is 3.87. The third kappa shape index (κ3) is 1.83. The predicted octanol–water partition coefficient (Wildman–Crippen LogP) is 0.631. The zero-order chi connectivity index (χ0) is 8.27. The van der Waals surface area contributed by atoms with Gasteiger partial charge in [0.25, 0.3) is 0 Å². The van der Waals surface area contributed by atoms with Crippen LogP contribution < -0.4 is 11.5 Å². The van der Waals surface area contributed by atoms with Crippen LogP contribution in [0.15, 0.2) is 29.9 Å². The first-order valence-electron chi connectivity index (χ1n) is 3.49. The minimum atomic E-state index is 0.385. The molecule has 0 aliphatic carbocycles. The van der Waals surface area contributed by atoms with Crippen molar-refractivity contribution >= 4 is 12.5 Å². The molecule has 0 amide bonds. The van der Waals surface area contributed by atoms with Gasteiger partial charge in [0.15, 0.2) is 0 Å². The molecular weight excluding hydrogens is 135 g/mol. The molecule has 0 aliphatic rings. The quantitative estimate of drug-likeness (QED) is 0.610. The Kier molecular flexibility index (Phi) is 2.31. The number of allylic oxidation sites excluding steroid dienone is 1. The van der Waals surface area contributed by atoms with Crippen molar-refractivity contribution in [2.75, 3.05) is 0 Å². The third-order valence-corrected chi connectivity index (χ3v) is 1.64. The summed E-state index contributed by atoms with van der Waals surface area (Å²) in [6, 6.07) is 3.94. The van der Waals surface area contributed by atoms with Crippen molar-refractivity contribution in [3.63, 3.8) is 0 Å². The number of hydrogen-bond acceptors (Lipinski definition) is 2. The van der Waals surface area contributed by atoms with Gasteiger partial charge in [0.1, 0.15) is 0 Å². The molecule has 0 bridgehead atoms. The van der Waals surface area contributed by atoms with Crippen LogP contribution in [0.5, 0.6) is 0 Å². The molecule has 0 radical (unpaired) electrons. The summed E-state index contributed by atoms with van der Waals surface area (Å²) in [5, 5.41) is 0. The van der Waals surface area contributed by atoms with Crippen LogP contribution in [0.4, 0.5) is 0 Å². The molecule has 3 heteroatoms. The van der Waals surface area contributed by atoms with E-state index in [1.54, 1.807) is 0 Å². The van der Waals surface area contributed by atoms with Gasteiger partial charge in [0, 0.05) is 0 Å². The fourth-order valence-corrected chi connectivity index (χ4v) is 0.855. The Morgan fingerprint density at radius 3 is 2.64 bits per heavy atom. The van der Waals surface area contributed by atoms with Crippen LogP contribution in [0.3, 0.4) is 0 Å². The fraction of sp³-hybridized carbons (Fsp3) is 0.125. The molecule has 11 heavy (non-hydrogen) atoms. The predicted molar refractivity (Wildman–Crippen MR) is 48.8 cm³/mol. The molecular formula is C8H11BN2. The van der Waals surface area contributed by atoms with Crippen LogP contribution in [0.1, 0.15) is 12.5 Å². The zero-order valence-electron chi connectivity index (χ0n) is 6.54. The summed E-state index contributed by atoms with van der Waals surface area (Å²) in [6.07, 6.45) is 0. The van der Waals surface area contributed by atoms with Crippen molar-refractivity contribution in [3.05, 3.63) is 35.4 Å². The first-order chi connectivity index (χ1) is 5.22. The average molecular weight is 146 g/mol. The standard InChI is InChI=1S/C8H11BN2/c1-6(8(10)11)7-3-2-4-9-5-7/h2-5H,10-11H2,1H3. The molecule has 0 atom stereocenters. The zero-order valence-corrected chi connectivity index (χ0v) is 6.54. The minimum absolute atomic E-state index is 0.385. The first kappa shape index (κ1) is 7.86. The van der Waals surface area contributed by atoms with Gasteiger partial charge in [-0.25, -0.2) is 0 Å². The van der Waals surface area contributed by atoms with Crippen LogP contribution in [-0.4, -0.2) is 6.91 Å². The van der Waals surface area contributed by atoms with Gasteiger partial charge >= 0.3 is 66.3 Å². The number of rotatable bonds is 1. The Labute approximate surface area is 67.1 Å². The van der Waals surface area contributed by atoms with E-state index in [9.17, 15) is 0 Å². The molecule has 0 aliphatic heterocycles. The maximum atomic E-state index is 5.43. The molecule has 0 fully saturated rings. The van der Waals surface area contributed by atoms with E-state index in [1.165, 1.54) is 0 Å². The summed E-state index contributed by atoms with van der Waals surface area (Å²) < 4.78 is 0. The summed E-state index contributed by atoms with van der Waals surface area (Å²) in [4.78, 5) is 0. The SMILES string of the molecule is CC(=C(N)N)c1cbccc1. The Hall–Kier alpha value is -1.25. The molecule has 0 spiro atoms. The molecule has 0 unspecified atom stereocenters. The van der Waals surface area contributed by atoms with Gasteiger partial charge in [-0.05, 0) is 0 Å². The summed E-state index contributed by atoms with van der Waals surface area (Å²) in [5.74, 6) is 4.33. The molecule has 1 aromatic rings. The van der Waals surface area contributed by atoms with Gasteiger partial charge in [-0.1, -0.05) is 0 Å². The van der Waals surface area contributed by atoms with Crippen molar-refractivity contribution < 1.29 is 0 Å². The fourth-order valence-electron chi connectivity index (χ4n) is 0.855. The topological polar surface area (TPSA) is 52.0 Å². The van der Waals surface area contributed by atoms with Crippen molar-refractivity contribution in [1.82, 2.24) is 0 Å². The van der Waals surface area contributed by atoms with E-state index in [1.807, 2.05) is 37.9 Å². The summed E-state index contributed by atoms with van der Waals surface area (Å²) >= 11 is 0. The molecule has 1 heterocycles. The molecule has 1 rings (SSSR count). The second-order valence-electron chi connectivity index (χ2n) is 2.45. The summed E-state index contributed by atoms with van der Waals surface area (Å²) in [5.41, 5.74) is 12.9. The molecule has 2 nitrogen and oxygen atoms in total. The van der Waals surface area contributed by atoms with Crippen molar-refractivity contribution in [2.45, 2.75) is 6.92 Å². The van der Waals surface area contributed by atoms with Crippen molar-refractivity contribution in [1.29, 1.82) is 0 Å². The van der Waals surface area contributed by atoms with Crippen LogP contribution >= 0.6 is 0 Å². The monoisotopic (exact) mass is 146 g/mol. The van der Waals surface area contributed by atoms with Gasteiger partial charge in [-0.15, -0.1) is 0 Å². The van der Waals surface area contributed by atoms with Crippen LogP contribution in [0, 0.1) is 0 Å². The van der Waals surface area contributed by atoms with Crippen LogP contribution in [0.25, 0.3) is 5.57 Å². The molecule has 56 valence electrons. The molecule has 0 aromatic carbocycles. The second kappa shape index (κ2) is 3.24. The number of hydrogen-bond donors (Lipinski definition) is 2. The first-order valence-corrected chi connectivity index (χ1v) is 3.49. The van der Waals surface area contributed by atoms with Gasteiger partial charge in [-0.2, -0.15) is 0 Å². The van der Waals surface area contributed by atoms with Gasteiger partial charge in [-0.3, -0.25) is 0 Å². The van der Waals surface area contributed by atoms with E-state index < -0.39 is 0 Å².